The van der Waals surface area contributed by atoms with E-state index < -0.39 is 10.0 Å². The Hall–Kier alpha value is -2.17. The number of rotatable bonds is 12. The molecule has 0 aliphatic rings. The van der Waals surface area contributed by atoms with Crippen LogP contribution >= 0.6 is 34.5 Å². The molecule has 7 nitrogen and oxygen atoms in total. The Kier molecular flexibility index (Phi) is 9.73. The van der Waals surface area contributed by atoms with Gasteiger partial charge in [-0.25, -0.2) is 13.4 Å². The van der Waals surface area contributed by atoms with Crippen LogP contribution in [0, 0.1) is 0 Å². The Bertz CT molecular complexity index is 1180. The number of nitrogens with one attached hydrogen (secondary N) is 1. The second-order valence-electron chi connectivity index (χ2n) is 7.17. The number of aromatic nitrogens is 1. The van der Waals surface area contributed by atoms with E-state index in [2.05, 4.69) is 17.2 Å². The highest BCUT2D eigenvalue weighted by Gasteiger charge is 2.23. The van der Waals surface area contributed by atoms with Gasteiger partial charge in [0, 0.05) is 41.4 Å². The van der Waals surface area contributed by atoms with Crippen molar-refractivity contribution in [2.75, 3.05) is 36.8 Å². The van der Waals surface area contributed by atoms with Gasteiger partial charge in [-0.3, -0.25) is 10.1 Å². The number of benzene rings is 2. The van der Waals surface area contributed by atoms with Gasteiger partial charge in [0.15, 0.2) is 5.13 Å². The summed E-state index contributed by atoms with van der Waals surface area (Å²) >= 11 is 12.8. The van der Waals surface area contributed by atoms with Crippen LogP contribution in [0.15, 0.2) is 58.8 Å². The first-order valence-corrected chi connectivity index (χ1v) is 14.0. The van der Waals surface area contributed by atoms with Crippen LogP contribution in [-0.4, -0.2) is 55.1 Å². The second-order valence-corrected chi connectivity index (χ2v) is 10.7. The first kappa shape index (κ1) is 26.4. The number of thiazole rings is 1. The zero-order valence-corrected chi connectivity index (χ0v) is 21.7. The summed E-state index contributed by atoms with van der Waals surface area (Å²) in [5.74, 6) is 0.728. The van der Waals surface area contributed by atoms with Crippen LogP contribution < -0.4 is 10.1 Å². The van der Waals surface area contributed by atoms with Gasteiger partial charge in [0.05, 0.1) is 17.2 Å². The lowest BCUT2D eigenvalue weighted by Crippen LogP contribution is -2.34. The molecule has 0 unspecified atom stereocenters. The molecule has 0 aliphatic heterocycles. The zero-order chi connectivity index (χ0) is 24.6. The summed E-state index contributed by atoms with van der Waals surface area (Å²) in [5.41, 5.74) is 1.96. The van der Waals surface area contributed by atoms with E-state index in [1.54, 1.807) is 0 Å². The Morgan fingerprint density at radius 3 is 2.29 bits per heavy atom. The Balaban J connectivity index is 1.67. The molecule has 34 heavy (non-hydrogen) atoms. The number of nitrogens with zero attached hydrogens (tertiary/aromatic N) is 2. The molecule has 0 radical (unpaired) electrons. The topological polar surface area (TPSA) is 88.6 Å². The lowest BCUT2D eigenvalue weighted by Gasteiger charge is -2.20. The Morgan fingerprint density at radius 1 is 1.06 bits per heavy atom. The minimum Gasteiger partial charge on any atom is -0.494 e. The van der Waals surface area contributed by atoms with Crippen molar-refractivity contribution < 1.29 is 17.9 Å². The minimum absolute atomic E-state index is 0.0715. The highest BCUT2D eigenvalue weighted by Crippen LogP contribution is 2.27. The maximum Gasteiger partial charge on any atom is 0.257 e. The van der Waals surface area contributed by atoms with E-state index in [0.717, 1.165) is 23.4 Å². The monoisotopic (exact) mass is 541 g/mol. The number of amides is 1. The van der Waals surface area contributed by atoms with Crippen LogP contribution in [-0.2, 0) is 10.0 Å². The van der Waals surface area contributed by atoms with E-state index >= 15 is 0 Å². The highest BCUT2D eigenvalue weighted by atomic mass is 35.5. The van der Waals surface area contributed by atoms with E-state index in [1.807, 2.05) is 29.6 Å². The van der Waals surface area contributed by atoms with Crippen molar-refractivity contribution in [3.8, 4) is 17.0 Å². The van der Waals surface area contributed by atoms with E-state index in [4.69, 9.17) is 27.9 Å². The third-order valence-corrected chi connectivity index (χ3v) is 7.78. The van der Waals surface area contributed by atoms with Gasteiger partial charge in [-0.15, -0.1) is 34.5 Å². The van der Waals surface area contributed by atoms with Crippen molar-refractivity contribution in [2.45, 2.75) is 18.2 Å². The predicted molar refractivity (Wildman–Crippen MR) is 138 cm³/mol. The van der Waals surface area contributed by atoms with E-state index in [1.165, 1.54) is 39.9 Å². The van der Waals surface area contributed by atoms with Crippen LogP contribution in [0.5, 0.6) is 5.75 Å². The quantitative estimate of drug-likeness (QED) is 0.313. The number of hydrogen-bond donors (Lipinski definition) is 1. The van der Waals surface area contributed by atoms with Gasteiger partial charge in [-0.1, -0.05) is 6.92 Å². The summed E-state index contributed by atoms with van der Waals surface area (Å²) in [4.78, 5) is 17.2. The van der Waals surface area contributed by atoms with Crippen LogP contribution in [0.25, 0.3) is 11.3 Å². The minimum atomic E-state index is -3.75. The van der Waals surface area contributed by atoms with Crippen LogP contribution in [0.2, 0.25) is 0 Å². The second kappa shape index (κ2) is 12.5. The van der Waals surface area contributed by atoms with Gasteiger partial charge >= 0.3 is 0 Å². The molecule has 3 aromatic rings. The molecule has 1 N–H and O–H groups in total. The van der Waals surface area contributed by atoms with E-state index in [9.17, 15) is 13.2 Å². The molecule has 0 saturated carbocycles. The van der Waals surface area contributed by atoms with Crippen LogP contribution in [0.1, 0.15) is 23.7 Å². The van der Waals surface area contributed by atoms with Crippen molar-refractivity contribution in [3.05, 3.63) is 59.5 Å². The standard InChI is InChI=1S/C23H25Cl2N3O4S2/c1-2-15-32-19-7-3-17(4-8-19)21-16-33-23(26-21)27-22(29)18-5-9-20(10-6-18)34(30,31)28(13-11-24)14-12-25/h3-10,16H,2,11-15H2,1H3,(H,26,27,29). The fourth-order valence-corrected chi connectivity index (χ4v) is 5.81. The molecule has 11 heteroatoms. The Labute approximate surface area is 213 Å². The molecule has 182 valence electrons. The van der Waals surface area contributed by atoms with Crippen molar-refractivity contribution in [1.29, 1.82) is 0 Å². The van der Waals surface area contributed by atoms with Crippen molar-refractivity contribution >= 4 is 55.6 Å². The smallest absolute Gasteiger partial charge is 0.257 e. The highest BCUT2D eigenvalue weighted by molar-refractivity contribution is 7.89. The fraction of sp³-hybridized carbons (Fsp3) is 0.304. The molecular formula is C23H25Cl2N3O4S2. The molecule has 0 aliphatic carbocycles. The number of alkyl halides is 2. The maximum absolute atomic E-state index is 12.8. The van der Waals surface area contributed by atoms with Gasteiger partial charge in [-0.2, -0.15) is 4.31 Å². The normalized spacial score (nSPS) is 11.5. The number of carbonyl (C=O) groups excluding carboxylic acids is 1. The van der Waals surface area contributed by atoms with Gasteiger partial charge in [0.1, 0.15) is 5.75 Å². The summed E-state index contributed by atoms with van der Waals surface area (Å²) in [6.07, 6.45) is 0.940. The molecule has 1 amide bonds. The predicted octanol–water partition coefficient (Wildman–Crippen LogP) is 5.32. The Morgan fingerprint density at radius 2 is 1.71 bits per heavy atom. The summed E-state index contributed by atoms with van der Waals surface area (Å²) in [6.45, 7) is 3.02. The first-order valence-electron chi connectivity index (χ1n) is 10.6. The molecule has 0 spiro atoms. The molecule has 1 aromatic heterocycles. The number of halogens is 2. The maximum atomic E-state index is 12.8. The van der Waals surface area contributed by atoms with Crippen molar-refractivity contribution in [2.24, 2.45) is 0 Å². The van der Waals surface area contributed by atoms with E-state index in [0.29, 0.717) is 17.3 Å². The molecule has 2 aromatic carbocycles. The lowest BCUT2D eigenvalue weighted by molar-refractivity contribution is 0.102. The molecule has 1 heterocycles. The number of carbonyl (C=O) groups is 1. The molecule has 0 bridgehead atoms. The number of anilines is 1. The average molecular weight is 543 g/mol. The summed E-state index contributed by atoms with van der Waals surface area (Å²) < 4.78 is 32.4. The van der Waals surface area contributed by atoms with Gasteiger partial charge in [0.25, 0.3) is 5.91 Å². The van der Waals surface area contributed by atoms with Crippen LogP contribution in [0.3, 0.4) is 0 Å². The zero-order valence-electron chi connectivity index (χ0n) is 18.5. The summed E-state index contributed by atoms with van der Waals surface area (Å²) in [7, 11) is -3.75. The number of sulfonamides is 1. The number of ether oxygens (including phenoxy) is 1. The van der Waals surface area contributed by atoms with Gasteiger partial charge < -0.3 is 4.74 Å². The average Bonchev–Trinajstić information content (AvgIpc) is 3.31. The van der Waals surface area contributed by atoms with E-state index in [-0.39, 0.29) is 35.7 Å². The SMILES string of the molecule is CCCOc1ccc(-c2csc(NC(=O)c3ccc(S(=O)(=O)N(CCCl)CCCl)cc3)n2)cc1. The molecule has 3 rings (SSSR count). The van der Waals surface area contributed by atoms with Crippen molar-refractivity contribution in [3.63, 3.8) is 0 Å². The summed E-state index contributed by atoms with van der Waals surface area (Å²) in [5, 5.41) is 5.06. The molecule has 0 atom stereocenters. The van der Waals surface area contributed by atoms with Gasteiger partial charge in [0.2, 0.25) is 10.0 Å². The largest absolute Gasteiger partial charge is 0.494 e. The van der Waals surface area contributed by atoms with Crippen LogP contribution in [0.4, 0.5) is 5.13 Å². The fourth-order valence-electron chi connectivity index (χ4n) is 3.04. The lowest BCUT2D eigenvalue weighted by atomic mass is 10.2. The molecular weight excluding hydrogens is 517 g/mol. The number of hydrogen-bond acceptors (Lipinski definition) is 6. The first-order chi connectivity index (χ1) is 16.4. The molecule has 0 saturated heterocycles. The summed E-state index contributed by atoms with van der Waals surface area (Å²) in [6, 6.07) is 13.3. The third kappa shape index (κ3) is 6.70. The van der Waals surface area contributed by atoms with Crippen molar-refractivity contribution in [1.82, 2.24) is 9.29 Å². The molecule has 0 fully saturated rings. The third-order valence-electron chi connectivity index (χ3n) is 4.77. The van der Waals surface area contributed by atoms with Gasteiger partial charge in [-0.05, 0) is 55.0 Å².